The summed E-state index contributed by atoms with van der Waals surface area (Å²) in [5.41, 5.74) is 1.46. The number of carboxylic acid groups (broad SMARTS) is 1. The molecule has 1 aliphatic heterocycles. The highest BCUT2D eigenvalue weighted by Crippen LogP contribution is 2.24. The Hall–Kier alpha value is -1.55. The standard InChI is InChI=1S/C18H27NO3/c1-18(2,3)15-4-6-16(7-5-15)22-13-12-19-10-8-14(9-11-19)17(20)21/h4-7,14H,8-13H2,1-3H3,(H,20,21). The van der Waals surface area contributed by atoms with Crippen LogP contribution in [0.5, 0.6) is 5.75 Å². The fraction of sp³-hybridized carbons (Fsp3) is 0.611. The van der Waals surface area contributed by atoms with Crippen LogP contribution in [0.3, 0.4) is 0 Å². The monoisotopic (exact) mass is 305 g/mol. The number of carboxylic acids is 1. The molecule has 122 valence electrons. The lowest BCUT2D eigenvalue weighted by atomic mass is 9.87. The van der Waals surface area contributed by atoms with Crippen LogP contribution in [0, 0.1) is 5.92 Å². The summed E-state index contributed by atoms with van der Waals surface area (Å²) >= 11 is 0. The average molecular weight is 305 g/mol. The van der Waals surface area contributed by atoms with E-state index < -0.39 is 5.97 Å². The van der Waals surface area contributed by atoms with E-state index in [1.807, 2.05) is 12.1 Å². The predicted octanol–water partition coefficient (Wildman–Crippen LogP) is 3.16. The van der Waals surface area contributed by atoms with Gasteiger partial charge in [-0.15, -0.1) is 0 Å². The molecule has 1 saturated heterocycles. The highest BCUT2D eigenvalue weighted by atomic mass is 16.5. The van der Waals surface area contributed by atoms with Gasteiger partial charge < -0.3 is 9.84 Å². The van der Waals surface area contributed by atoms with Gasteiger partial charge in [0.25, 0.3) is 0 Å². The molecule has 1 fully saturated rings. The van der Waals surface area contributed by atoms with E-state index >= 15 is 0 Å². The zero-order chi connectivity index (χ0) is 16.2. The van der Waals surface area contributed by atoms with Crippen LogP contribution in [0.15, 0.2) is 24.3 Å². The van der Waals surface area contributed by atoms with Gasteiger partial charge in [0.2, 0.25) is 0 Å². The van der Waals surface area contributed by atoms with Crippen LogP contribution >= 0.6 is 0 Å². The molecule has 0 aliphatic carbocycles. The zero-order valence-corrected chi connectivity index (χ0v) is 13.8. The van der Waals surface area contributed by atoms with E-state index in [-0.39, 0.29) is 11.3 Å². The van der Waals surface area contributed by atoms with Crippen molar-refractivity contribution in [3.8, 4) is 5.75 Å². The van der Waals surface area contributed by atoms with Crippen LogP contribution in [0.1, 0.15) is 39.2 Å². The molecule has 0 aromatic heterocycles. The van der Waals surface area contributed by atoms with Gasteiger partial charge in [0.1, 0.15) is 12.4 Å². The van der Waals surface area contributed by atoms with E-state index in [0.717, 1.165) is 38.2 Å². The number of hydrogen-bond donors (Lipinski definition) is 1. The van der Waals surface area contributed by atoms with Gasteiger partial charge in [-0.1, -0.05) is 32.9 Å². The minimum absolute atomic E-state index is 0.160. The molecule has 4 heteroatoms. The van der Waals surface area contributed by atoms with Gasteiger partial charge in [-0.3, -0.25) is 9.69 Å². The average Bonchev–Trinajstić information content (AvgIpc) is 2.47. The van der Waals surface area contributed by atoms with Crippen LogP contribution in [0.25, 0.3) is 0 Å². The molecule has 22 heavy (non-hydrogen) atoms. The number of nitrogens with zero attached hydrogens (tertiary/aromatic N) is 1. The largest absolute Gasteiger partial charge is 0.492 e. The maximum Gasteiger partial charge on any atom is 0.306 e. The fourth-order valence-electron chi connectivity index (χ4n) is 2.75. The van der Waals surface area contributed by atoms with Crippen LogP contribution in [0.4, 0.5) is 0 Å². The third-order valence-electron chi connectivity index (χ3n) is 4.33. The Morgan fingerprint density at radius 1 is 1.23 bits per heavy atom. The molecule has 0 saturated carbocycles. The fourth-order valence-corrected chi connectivity index (χ4v) is 2.75. The Morgan fingerprint density at radius 3 is 2.32 bits per heavy atom. The molecule has 1 N–H and O–H groups in total. The lowest BCUT2D eigenvalue weighted by Crippen LogP contribution is -2.38. The van der Waals surface area contributed by atoms with Crippen LogP contribution < -0.4 is 4.74 Å². The summed E-state index contributed by atoms with van der Waals surface area (Å²) in [6, 6.07) is 8.29. The highest BCUT2D eigenvalue weighted by molar-refractivity contribution is 5.70. The van der Waals surface area contributed by atoms with Crippen LogP contribution in [-0.2, 0) is 10.2 Å². The van der Waals surface area contributed by atoms with Crippen LogP contribution in [-0.4, -0.2) is 42.2 Å². The van der Waals surface area contributed by atoms with Gasteiger partial charge in [0.05, 0.1) is 5.92 Å². The Labute approximate surface area is 133 Å². The second-order valence-corrected chi connectivity index (χ2v) is 7.08. The number of carbonyl (C=O) groups is 1. The molecule has 1 aromatic rings. The second kappa shape index (κ2) is 7.14. The third kappa shape index (κ3) is 4.73. The number of piperidine rings is 1. The molecule has 0 bridgehead atoms. The molecule has 1 aromatic carbocycles. The van der Waals surface area contributed by atoms with E-state index in [9.17, 15) is 4.79 Å². The smallest absolute Gasteiger partial charge is 0.306 e. The lowest BCUT2D eigenvalue weighted by Gasteiger charge is -2.29. The maximum atomic E-state index is 10.9. The van der Waals surface area contributed by atoms with Crippen molar-refractivity contribution >= 4 is 5.97 Å². The minimum atomic E-state index is -0.658. The van der Waals surface area contributed by atoms with E-state index in [2.05, 4.69) is 37.8 Å². The quantitative estimate of drug-likeness (QED) is 0.908. The molecule has 2 rings (SSSR count). The van der Waals surface area contributed by atoms with E-state index in [0.29, 0.717) is 6.61 Å². The summed E-state index contributed by atoms with van der Waals surface area (Å²) in [5, 5.41) is 8.99. The molecule has 1 aliphatic rings. The number of hydrogen-bond acceptors (Lipinski definition) is 3. The van der Waals surface area contributed by atoms with Crippen molar-refractivity contribution in [2.24, 2.45) is 5.92 Å². The molecule has 0 unspecified atom stereocenters. The van der Waals surface area contributed by atoms with E-state index in [1.165, 1.54) is 5.56 Å². The maximum absolute atomic E-state index is 10.9. The SMILES string of the molecule is CC(C)(C)c1ccc(OCCN2CCC(C(=O)O)CC2)cc1. The van der Waals surface area contributed by atoms with E-state index in [1.54, 1.807) is 0 Å². The Balaban J connectivity index is 1.72. The number of likely N-dealkylation sites (tertiary alicyclic amines) is 1. The van der Waals surface area contributed by atoms with Crippen molar-refractivity contribution in [3.63, 3.8) is 0 Å². The molecule has 0 spiro atoms. The summed E-state index contributed by atoms with van der Waals surface area (Å²) in [4.78, 5) is 13.2. The van der Waals surface area contributed by atoms with Gasteiger partial charge in [0.15, 0.2) is 0 Å². The van der Waals surface area contributed by atoms with Gasteiger partial charge in [0, 0.05) is 6.54 Å². The van der Waals surface area contributed by atoms with Crippen LogP contribution in [0.2, 0.25) is 0 Å². The van der Waals surface area contributed by atoms with Crippen molar-refractivity contribution in [1.29, 1.82) is 0 Å². The molecule has 4 nitrogen and oxygen atoms in total. The molecule has 1 heterocycles. The van der Waals surface area contributed by atoms with Gasteiger partial charge in [-0.2, -0.15) is 0 Å². The summed E-state index contributed by atoms with van der Waals surface area (Å²) in [6.07, 6.45) is 1.49. The Morgan fingerprint density at radius 2 is 1.82 bits per heavy atom. The second-order valence-electron chi connectivity index (χ2n) is 7.08. The number of benzene rings is 1. The normalized spacial score (nSPS) is 17.4. The zero-order valence-electron chi connectivity index (χ0n) is 13.8. The number of aliphatic carboxylic acids is 1. The van der Waals surface area contributed by atoms with Crippen molar-refractivity contribution in [1.82, 2.24) is 4.90 Å². The first-order chi connectivity index (χ1) is 10.4. The predicted molar refractivity (Wildman–Crippen MR) is 87.4 cm³/mol. The molecule has 0 atom stereocenters. The molecule has 0 radical (unpaired) electrons. The summed E-state index contributed by atoms with van der Waals surface area (Å²) in [6.45, 7) is 9.80. The van der Waals surface area contributed by atoms with Crippen molar-refractivity contribution in [2.45, 2.75) is 39.0 Å². The first-order valence-electron chi connectivity index (χ1n) is 8.05. The van der Waals surface area contributed by atoms with Gasteiger partial charge in [-0.05, 0) is 49.0 Å². The minimum Gasteiger partial charge on any atom is -0.492 e. The highest BCUT2D eigenvalue weighted by Gasteiger charge is 2.24. The van der Waals surface area contributed by atoms with Crippen molar-refractivity contribution < 1.29 is 14.6 Å². The van der Waals surface area contributed by atoms with E-state index in [4.69, 9.17) is 9.84 Å². The molecular formula is C18H27NO3. The topological polar surface area (TPSA) is 49.8 Å². The number of rotatable bonds is 5. The van der Waals surface area contributed by atoms with Gasteiger partial charge in [-0.25, -0.2) is 0 Å². The summed E-state index contributed by atoms with van der Waals surface area (Å²) in [5.74, 6) is 0.0744. The summed E-state index contributed by atoms with van der Waals surface area (Å²) < 4.78 is 5.79. The first kappa shape index (κ1) is 16.8. The Kier molecular flexibility index (Phi) is 5.46. The van der Waals surface area contributed by atoms with Crippen molar-refractivity contribution in [2.75, 3.05) is 26.2 Å². The number of ether oxygens (including phenoxy) is 1. The van der Waals surface area contributed by atoms with Gasteiger partial charge >= 0.3 is 5.97 Å². The summed E-state index contributed by atoms with van der Waals surface area (Å²) in [7, 11) is 0. The van der Waals surface area contributed by atoms with Crippen molar-refractivity contribution in [3.05, 3.63) is 29.8 Å². The molecule has 0 amide bonds. The lowest BCUT2D eigenvalue weighted by molar-refractivity contribution is -0.143. The molecular weight excluding hydrogens is 278 g/mol. The first-order valence-corrected chi connectivity index (χ1v) is 8.05. The third-order valence-corrected chi connectivity index (χ3v) is 4.33. The Bertz CT molecular complexity index is 482.